The summed E-state index contributed by atoms with van der Waals surface area (Å²) in [6, 6.07) is 5.53. The number of ether oxygens (including phenoxy) is 1. The van der Waals surface area contributed by atoms with E-state index in [-0.39, 0.29) is 12.0 Å². The van der Waals surface area contributed by atoms with Crippen molar-refractivity contribution in [1.82, 2.24) is 10.1 Å². The quantitative estimate of drug-likeness (QED) is 0.915. The highest BCUT2D eigenvalue weighted by atomic mass is 16.5. The maximum absolute atomic E-state index is 5.99. The maximum atomic E-state index is 5.99. The van der Waals surface area contributed by atoms with Gasteiger partial charge >= 0.3 is 0 Å². The Morgan fingerprint density at radius 1 is 1.32 bits per heavy atom. The number of methoxy groups -OCH3 is 1. The van der Waals surface area contributed by atoms with Crippen molar-refractivity contribution in [2.24, 2.45) is 11.7 Å². The molecule has 0 spiro atoms. The Morgan fingerprint density at radius 3 is 2.63 bits per heavy atom. The molecule has 19 heavy (non-hydrogen) atoms. The van der Waals surface area contributed by atoms with Crippen LogP contribution in [0.3, 0.4) is 0 Å². The zero-order valence-electron chi connectivity index (χ0n) is 11.7. The minimum absolute atomic E-state index is 0.236. The molecule has 0 saturated heterocycles. The first kappa shape index (κ1) is 13.5. The van der Waals surface area contributed by atoms with Crippen LogP contribution >= 0.6 is 0 Å². The average Bonchev–Trinajstić information content (AvgIpc) is 2.87. The van der Waals surface area contributed by atoms with Crippen LogP contribution in [0.4, 0.5) is 0 Å². The van der Waals surface area contributed by atoms with E-state index in [1.165, 1.54) is 0 Å². The highest BCUT2D eigenvalue weighted by Gasteiger charge is 2.18. The Hall–Kier alpha value is -1.88. The van der Waals surface area contributed by atoms with E-state index in [1.54, 1.807) is 7.11 Å². The molecule has 1 heterocycles. The molecule has 102 valence electrons. The Labute approximate surface area is 112 Å². The van der Waals surface area contributed by atoms with Gasteiger partial charge in [0, 0.05) is 5.56 Å². The van der Waals surface area contributed by atoms with Gasteiger partial charge in [-0.1, -0.05) is 19.0 Å². The number of nitrogens with zero attached hydrogens (tertiary/aromatic N) is 2. The fourth-order valence-electron chi connectivity index (χ4n) is 1.79. The zero-order chi connectivity index (χ0) is 14.0. The van der Waals surface area contributed by atoms with Crippen LogP contribution in [0, 0.1) is 12.8 Å². The smallest absolute Gasteiger partial charge is 0.244 e. The third kappa shape index (κ3) is 2.76. The third-order valence-electron chi connectivity index (χ3n) is 3.10. The molecule has 0 radical (unpaired) electrons. The molecule has 2 aromatic rings. The zero-order valence-corrected chi connectivity index (χ0v) is 11.7. The fourth-order valence-corrected chi connectivity index (χ4v) is 1.79. The molecule has 5 nitrogen and oxygen atoms in total. The Morgan fingerprint density at radius 2 is 2.05 bits per heavy atom. The molecule has 1 aromatic heterocycles. The maximum Gasteiger partial charge on any atom is 0.244 e. The first-order valence-electron chi connectivity index (χ1n) is 6.27. The van der Waals surface area contributed by atoms with Crippen LogP contribution in [0.25, 0.3) is 11.4 Å². The van der Waals surface area contributed by atoms with Gasteiger partial charge in [0.15, 0.2) is 0 Å². The van der Waals surface area contributed by atoms with E-state index in [0.29, 0.717) is 11.7 Å². The van der Waals surface area contributed by atoms with Gasteiger partial charge in [-0.2, -0.15) is 4.98 Å². The van der Waals surface area contributed by atoms with Crippen molar-refractivity contribution in [3.63, 3.8) is 0 Å². The lowest BCUT2D eigenvalue weighted by Gasteiger charge is -2.09. The number of hydrogen-bond acceptors (Lipinski definition) is 5. The normalized spacial score (nSPS) is 12.7. The standard InChI is InChI=1S/C14H19N3O2/c1-8(2)12(15)14-16-13(17-19-14)10-5-6-11(18-4)9(3)7-10/h5-8,12H,15H2,1-4H3. The second-order valence-corrected chi connectivity index (χ2v) is 4.91. The van der Waals surface area contributed by atoms with E-state index < -0.39 is 0 Å². The summed E-state index contributed by atoms with van der Waals surface area (Å²) in [6.45, 7) is 6.02. The molecule has 0 bridgehead atoms. The molecule has 0 aliphatic carbocycles. The van der Waals surface area contributed by atoms with Gasteiger partial charge in [-0.15, -0.1) is 0 Å². The van der Waals surface area contributed by atoms with Crippen molar-refractivity contribution in [3.8, 4) is 17.1 Å². The summed E-state index contributed by atoms with van der Waals surface area (Å²) in [6.07, 6.45) is 0. The fraction of sp³-hybridized carbons (Fsp3) is 0.429. The lowest BCUT2D eigenvalue weighted by atomic mass is 10.1. The van der Waals surface area contributed by atoms with Gasteiger partial charge in [0.1, 0.15) is 5.75 Å². The summed E-state index contributed by atoms with van der Waals surface area (Å²) in [4.78, 5) is 4.35. The van der Waals surface area contributed by atoms with Crippen LogP contribution in [-0.2, 0) is 0 Å². The van der Waals surface area contributed by atoms with E-state index in [1.807, 2.05) is 39.0 Å². The molecule has 5 heteroatoms. The first-order valence-corrected chi connectivity index (χ1v) is 6.27. The van der Waals surface area contributed by atoms with Crippen molar-refractivity contribution in [3.05, 3.63) is 29.7 Å². The minimum Gasteiger partial charge on any atom is -0.496 e. The number of nitrogens with two attached hydrogens (primary N) is 1. The molecule has 0 amide bonds. The van der Waals surface area contributed by atoms with E-state index in [4.69, 9.17) is 15.0 Å². The highest BCUT2D eigenvalue weighted by Crippen LogP contribution is 2.25. The van der Waals surface area contributed by atoms with Crippen molar-refractivity contribution in [2.45, 2.75) is 26.8 Å². The molecule has 0 aliphatic heterocycles. The van der Waals surface area contributed by atoms with E-state index in [0.717, 1.165) is 16.9 Å². The van der Waals surface area contributed by atoms with Gasteiger partial charge in [0.25, 0.3) is 0 Å². The predicted molar refractivity (Wildman–Crippen MR) is 72.8 cm³/mol. The second-order valence-electron chi connectivity index (χ2n) is 4.91. The Kier molecular flexibility index (Phi) is 3.85. The SMILES string of the molecule is COc1ccc(-c2noc(C(N)C(C)C)n2)cc1C. The molecule has 2 rings (SSSR count). The van der Waals surface area contributed by atoms with Crippen molar-refractivity contribution in [1.29, 1.82) is 0 Å². The van der Waals surface area contributed by atoms with Crippen molar-refractivity contribution in [2.75, 3.05) is 7.11 Å². The number of aromatic nitrogens is 2. The lowest BCUT2D eigenvalue weighted by Crippen LogP contribution is -2.16. The molecule has 0 aliphatic rings. The van der Waals surface area contributed by atoms with Crippen LogP contribution in [0.5, 0.6) is 5.75 Å². The summed E-state index contributed by atoms with van der Waals surface area (Å²) < 4.78 is 10.4. The summed E-state index contributed by atoms with van der Waals surface area (Å²) in [5.74, 6) is 2.12. The van der Waals surface area contributed by atoms with Crippen LogP contribution in [0.15, 0.2) is 22.7 Å². The molecule has 2 N–H and O–H groups in total. The first-order chi connectivity index (χ1) is 9.02. The summed E-state index contributed by atoms with van der Waals surface area (Å²) in [5.41, 5.74) is 7.91. The predicted octanol–water partition coefficient (Wildman–Crippen LogP) is 2.71. The number of aryl methyl sites for hydroxylation is 1. The highest BCUT2D eigenvalue weighted by molar-refractivity contribution is 5.58. The van der Waals surface area contributed by atoms with Gasteiger partial charge in [-0.25, -0.2) is 0 Å². The molecular formula is C14H19N3O2. The summed E-state index contributed by atoms with van der Waals surface area (Å²) in [5, 5.41) is 3.98. The van der Waals surface area contributed by atoms with E-state index in [2.05, 4.69) is 10.1 Å². The molecule has 1 atom stereocenters. The van der Waals surface area contributed by atoms with Gasteiger partial charge < -0.3 is 15.0 Å². The van der Waals surface area contributed by atoms with Gasteiger partial charge in [0.05, 0.1) is 13.2 Å². The van der Waals surface area contributed by atoms with Crippen LogP contribution in [0.2, 0.25) is 0 Å². The largest absolute Gasteiger partial charge is 0.496 e. The average molecular weight is 261 g/mol. The van der Waals surface area contributed by atoms with Crippen LogP contribution in [0.1, 0.15) is 31.3 Å². The lowest BCUT2D eigenvalue weighted by molar-refractivity contribution is 0.325. The molecule has 0 fully saturated rings. The van der Waals surface area contributed by atoms with Crippen LogP contribution in [-0.4, -0.2) is 17.3 Å². The van der Waals surface area contributed by atoms with Crippen LogP contribution < -0.4 is 10.5 Å². The summed E-state index contributed by atoms with van der Waals surface area (Å²) >= 11 is 0. The number of benzene rings is 1. The number of hydrogen-bond donors (Lipinski definition) is 1. The van der Waals surface area contributed by atoms with Crippen molar-refractivity contribution < 1.29 is 9.26 Å². The monoisotopic (exact) mass is 261 g/mol. The van der Waals surface area contributed by atoms with Gasteiger partial charge in [-0.05, 0) is 36.6 Å². The molecule has 1 aromatic carbocycles. The Balaban J connectivity index is 2.30. The van der Waals surface area contributed by atoms with E-state index >= 15 is 0 Å². The van der Waals surface area contributed by atoms with Crippen molar-refractivity contribution >= 4 is 0 Å². The van der Waals surface area contributed by atoms with Gasteiger partial charge in [0.2, 0.25) is 11.7 Å². The molecule has 0 saturated carbocycles. The molecule has 1 unspecified atom stereocenters. The second kappa shape index (κ2) is 5.40. The minimum atomic E-state index is -0.236. The third-order valence-corrected chi connectivity index (χ3v) is 3.10. The Bertz CT molecular complexity index is 564. The topological polar surface area (TPSA) is 74.2 Å². The number of rotatable bonds is 4. The van der Waals surface area contributed by atoms with E-state index in [9.17, 15) is 0 Å². The molecular weight excluding hydrogens is 242 g/mol. The summed E-state index contributed by atoms with van der Waals surface area (Å²) in [7, 11) is 1.65. The van der Waals surface area contributed by atoms with Gasteiger partial charge in [-0.3, -0.25) is 0 Å².